The van der Waals surface area contributed by atoms with Crippen molar-refractivity contribution in [2.24, 2.45) is 5.41 Å². The van der Waals surface area contributed by atoms with Crippen LogP contribution in [0, 0.1) is 5.41 Å². The number of benzene rings is 1. The lowest BCUT2D eigenvalue weighted by atomic mass is 9.94. The fourth-order valence-electron chi connectivity index (χ4n) is 2.20. The molecule has 1 atom stereocenters. The number of alkyl halides is 3. The van der Waals surface area contributed by atoms with Crippen molar-refractivity contribution in [2.45, 2.75) is 26.1 Å². The number of hydrazine groups is 1. The van der Waals surface area contributed by atoms with Crippen molar-refractivity contribution in [2.75, 3.05) is 6.54 Å². The molecule has 0 unspecified atom stereocenters. The average molecular weight is 307 g/mol. The van der Waals surface area contributed by atoms with Crippen molar-refractivity contribution < 1.29 is 18.0 Å². The Hall–Kier alpha value is -1.27. The van der Waals surface area contributed by atoms with Crippen molar-refractivity contribution in [3.05, 3.63) is 34.9 Å². The van der Waals surface area contributed by atoms with Gasteiger partial charge in [-0.1, -0.05) is 23.7 Å². The number of nitrogens with zero attached hydrogens (tertiary/aromatic N) is 1. The Morgan fingerprint density at radius 3 is 2.50 bits per heavy atom. The molecule has 0 spiro atoms. The Balaban J connectivity index is 2.38. The zero-order valence-electron chi connectivity index (χ0n) is 11.0. The third-order valence-corrected chi connectivity index (χ3v) is 3.45. The molecule has 1 aliphatic rings. The van der Waals surface area contributed by atoms with Gasteiger partial charge in [-0.3, -0.25) is 10.2 Å². The molecule has 0 aromatic heterocycles. The minimum Gasteiger partial charge on any atom is -0.287 e. The average Bonchev–Trinajstić information content (AvgIpc) is 2.50. The van der Waals surface area contributed by atoms with Crippen molar-refractivity contribution in [3.63, 3.8) is 0 Å². The molecule has 2 rings (SSSR count). The molecule has 0 saturated carbocycles. The first-order valence-electron chi connectivity index (χ1n) is 6.01. The van der Waals surface area contributed by atoms with Crippen LogP contribution in [-0.4, -0.2) is 23.6 Å². The predicted molar refractivity (Wildman–Crippen MR) is 68.9 cm³/mol. The van der Waals surface area contributed by atoms with Crippen LogP contribution in [0.5, 0.6) is 0 Å². The molecule has 1 aliphatic heterocycles. The standard InChI is InChI=1S/C13H14ClF3N2O/c1-12(2)7-19(18-11(12)20)10(13(15,16)17)8-4-3-5-9(14)6-8/h3-6,10H,7H2,1-2H3,(H,18,20)/t10-/m0/s1. The van der Waals surface area contributed by atoms with Gasteiger partial charge in [0.2, 0.25) is 5.91 Å². The molecule has 7 heteroatoms. The Kier molecular flexibility index (Phi) is 3.73. The first kappa shape index (κ1) is 15.1. The topological polar surface area (TPSA) is 32.3 Å². The predicted octanol–water partition coefficient (Wildman–Crippen LogP) is 3.32. The fourth-order valence-corrected chi connectivity index (χ4v) is 2.40. The van der Waals surface area contributed by atoms with Crippen molar-refractivity contribution in [1.29, 1.82) is 0 Å². The molecule has 3 nitrogen and oxygen atoms in total. The molecule has 1 N–H and O–H groups in total. The summed E-state index contributed by atoms with van der Waals surface area (Å²) in [5, 5.41) is 1.15. The summed E-state index contributed by atoms with van der Waals surface area (Å²) in [5.41, 5.74) is 1.44. The summed E-state index contributed by atoms with van der Waals surface area (Å²) in [5.74, 6) is -0.422. The zero-order valence-corrected chi connectivity index (χ0v) is 11.7. The number of rotatable bonds is 2. The van der Waals surface area contributed by atoms with Crippen LogP contribution in [0.3, 0.4) is 0 Å². The van der Waals surface area contributed by atoms with E-state index in [0.29, 0.717) is 0 Å². The molecule has 110 valence electrons. The number of halogens is 4. The number of carbonyl (C=O) groups excluding carboxylic acids is 1. The van der Waals surface area contributed by atoms with Gasteiger partial charge >= 0.3 is 6.18 Å². The van der Waals surface area contributed by atoms with Crippen LogP contribution in [0.15, 0.2) is 24.3 Å². The molecule has 1 aromatic carbocycles. The van der Waals surface area contributed by atoms with E-state index in [1.807, 2.05) is 0 Å². The van der Waals surface area contributed by atoms with Gasteiger partial charge in [0, 0.05) is 11.6 Å². The minimum atomic E-state index is -4.52. The van der Waals surface area contributed by atoms with E-state index < -0.39 is 23.5 Å². The maximum Gasteiger partial charge on any atom is 0.409 e. The van der Waals surface area contributed by atoms with Gasteiger partial charge in [0.25, 0.3) is 0 Å². The van der Waals surface area contributed by atoms with Crippen molar-refractivity contribution >= 4 is 17.5 Å². The van der Waals surface area contributed by atoms with Gasteiger partial charge in [0.15, 0.2) is 0 Å². The molecular formula is C13H14ClF3N2O. The highest BCUT2D eigenvalue weighted by Gasteiger charge is 2.51. The zero-order chi connectivity index (χ0) is 15.1. The first-order valence-corrected chi connectivity index (χ1v) is 6.39. The Labute approximate surface area is 119 Å². The summed E-state index contributed by atoms with van der Waals surface area (Å²) in [6.45, 7) is 3.18. The molecule has 1 aromatic rings. The second-order valence-corrected chi connectivity index (χ2v) is 5.89. The van der Waals surface area contributed by atoms with Gasteiger partial charge in [-0.05, 0) is 31.5 Å². The highest BCUT2D eigenvalue weighted by Crippen LogP contribution is 2.40. The Morgan fingerprint density at radius 2 is 2.05 bits per heavy atom. The summed E-state index contributed by atoms with van der Waals surface area (Å²) >= 11 is 5.76. The van der Waals surface area contributed by atoms with Crippen molar-refractivity contribution in [1.82, 2.24) is 10.4 Å². The largest absolute Gasteiger partial charge is 0.409 e. The van der Waals surface area contributed by atoms with Crippen LogP contribution in [0.1, 0.15) is 25.5 Å². The van der Waals surface area contributed by atoms with Crippen LogP contribution in [-0.2, 0) is 4.79 Å². The van der Waals surface area contributed by atoms with Gasteiger partial charge in [0.05, 0.1) is 5.41 Å². The van der Waals surface area contributed by atoms with E-state index in [1.165, 1.54) is 24.3 Å². The second kappa shape index (κ2) is 4.93. The molecule has 1 amide bonds. The maximum atomic E-state index is 13.3. The lowest BCUT2D eigenvalue weighted by Gasteiger charge is -2.29. The summed E-state index contributed by atoms with van der Waals surface area (Å²) in [7, 11) is 0. The Bertz CT molecular complexity index is 531. The van der Waals surface area contributed by atoms with E-state index in [9.17, 15) is 18.0 Å². The van der Waals surface area contributed by atoms with E-state index >= 15 is 0 Å². The molecule has 1 fully saturated rings. The minimum absolute atomic E-state index is 0.00278. The summed E-state index contributed by atoms with van der Waals surface area (Å²) in [6, 6.07) is 3.66. The number of nitrogens with one attached hydrogen (secondary N) is 1. The number of carbonyl (C=O) groups is 1. The molecule has 20 heavy (non-hydrogen) atoms. The number of hydrogen-bond acceptors (Lipinski definition) is 2. The first-order chi connectivity index (χ1) is 9.11. The SMILES string of the molecule is CC1(C)CN([C@@H](c2cccc(Cl)c2)C(F)(F)F)NC1=O. The summed E-state index contributed by atoms with van der Waals surface area (Å²) in [6.07, 6.45) is -4.52. The van der Waals surface area contributed by atoms with E-state index in [0.717, 1.165) is 5.01 Å². The highest BCUT2D eigenvalue weighted by atomic mass is 35.5. The number of amides is 1. The van der Waals surface area contributed by atoms with E-state index in [-0.39, 0.29) is 17.1 Å². The van der Waals surface area contributed by atoms with Gasteiger partial charge < -0.3 is 0 Å². The second-order valence-electron chi connectivity index (χ2n) is 5.45. The molecule has 1 heterocycles. The highest BCUT2D eigenvalue weighted by molar-refractivity contribution is 6.30. The molecular weight excluding hydrogens is 293 g/mol. The third kappa shape index (κ3) is 2.91. The monoisotopic (exact) mass is 306 g/mol. The van der Waals surface area contributed by atoms with Crippen LogP contribution in [0.4, 0.5) is 13.2 Å². The van der Waals surface area contributed by atoms with Gasteiger partial charge in [-0.25, -0.2) is 5.01 Å². The van der Waals surface area contributed by atoms with Crippen LogP contribution in [0.25, 0.3) is 0 Å². The molecule has 1 saturated heterocycles. The van der Waals surface area contributed by atoms with E-state index in [4.69, 9.17) is 11.6 Å². The van der Waals surface area contributed by atoms with E-state index in [2.05, 4.69) is 5.43 Å². The van der Waals surface area contributed by atoms with Gasteiger partial charge in [-0.2, -0.15) is 13.2 Å². The van der Waals surface area contributed by atoms with Crippen LogP contribution >= 0.6 is 11.6 Å². The third-order valence-electron chi connectivity index (χ3n) is 3.21. The van der Waals surface area contributed by atoms with Crippen LogP contribution < -0.4 is 5.43 Å². The summed E-state index contributed by atoms with van der Waals surface area (Å²) in [4.78, 5) is 11.7. The quantitative estimate of drug-likeness (QED) is 0.909. The lowest BCUT2D eigenvalue weighted by molar-refractivity contribution is -0.191. The van der Waals surface area contributed by atoms with E-state index in [1.54, 1.807) is 13.8 Å². The molecule has 0 aliphatic carbocycles. The normalized spacial score (nSPS) is 20.8. The van der Waals surface area contributed by atoms with Gasteiger partial charge in [0.1, 0.15) is 6.04 Å². The van der Waals surface area contributed by atoms with Crippen LogP contribution in [0.2, 0.25) is 5.02 Å². The fraction of sp³-hybridized carbons (Fsp3) is 0.462. The maximum absolute atomic E-state index is 13.3. The Morgan fingerprint density at radius 1 is 1.40 bits per heavy atom. The lowest BCUT2D eigenvalue weighted by Crippen LogP contribution is -2.43. The summed E-state index contributed by atoms with van der Waals surface area (Å²) < 4.78 is 40.0. The van der Waals surface area contributed by atoms with Crippen molar-refractivity contribution in [3.8, 4) is 0 Å². The number of hydrogen-bond donors (Lipinski definition) is 1. The van der Waals surface area contributed by atoms with Gasteiger partial charge in [-0.15, -0.1) is 0 Å². The smallest absolute Gasteiger partial charge is 0.287 e. The molecule has 0 bridgehead atoms. The molecule has 0 radical (unpaired) electrons.